The van der Waals surface area contributed by atoms with Crippen LogP contribution < -0.4 is 11.1 Å². The van der Waals surface area contributed by atoms with Crippen LogP contribution in [-0.4, -0.2) is 18.5 Å². The number of carbonyl (C=O) groups excluding carboxylic acids is 1. The molecule has 0 spiro atoms. The van der Waals surface area contributed by atoms with Gasteiger partial charge in [0.15, 0.2) is 0 Å². The van der Waals surface area contributed by atoms with E-state index in [1.165, 1.54) is 12.8 Å². The normalized spacial score (nSPS) is 24.7. The molecule has 0 heterocycles. The number of rotatable bonds is 7. The smallest absolute Gasteiger partial charge is 0.220 e. The summed E-state index contributed by atoms with van der Waals surface area (Å²) in [5.41, 5.74) is 5.40. The van der Waals surface area contributed by atoms with E-state index in [9.17, 15) is 4.79 Å². The second-order valence-corrected chi connectivity index (χ2v) is 4.79. The molecule has 88 valence electrons. The summed E-state index contributed by atoms with van der Waals surface area (Å²) in [4.78, 5) is 11.4. The van der Waals surface area contributed by atoms with E-state index >= 15 is 0 Å². The van der Waals surface area contributed by atoms with E-state index in [1.54, 1.807) is 0 Å². The van der Waals surface area contributed by atoms with Gasteiger partial charge in [0.2, 0.25) is 5.91 Å². The molecular formula is C12H24N2O. The van der Waals surface area contributed by atoms with Gasteiger partial charge in [-0.05, 0) is 38.1 Å². The van der Waals surface area contributed by atoms with Crippen LogP contribution in [-0.2, 0) is 4.79 Å². The maximum atomic E-state index is 11.4. The lowest BCUT2D eigenvalue weighted by Gasteiger charge is -2.33. The molecule has 3 nitrogen and oxygen atoms in total. The molecule has 1 saturated carbocycles. The molecule has 0 aromatic rings. The molecule has 0 aromatic heterocycles. The van der Waals surface area contributed by atoms with Crippen molar-refractivity contribution in [3.63, 3.8) is 0 Å². The average Bonchev–Trinajstić information content (AvgIpc) is 2.15. The predicted octanol–water partition coefficient (Wildman–Crippen LogP) is 1.81. The van der Waals surface area contributed by atoms with Gasteiger partial charge in [-0.15, -0.1) is 0 Å². The van der Waals surface area contributed by atoms with Gasteiger partial charge in [-0.1, -0.05) is 19.8 Å². The van der Waals surface area contributed by atoms with Crippen LogP contribution in [0.3, 0.4) is 0 Å². The van der Waals surface area contributed by atoms with E-state index in [1.807, 2.05) is 0 Å². The van der Waals surface area contributed by atoms with Gasteiger partial charge < -0.3 is 11.1 Å². The van der Waals surface area contributed by atoms with Crippen molar-refractivity contribution in [2.45, 2.75) is 57.9 Å². The van der Waals surface area contributed by atoms with Gasteiger partial charge in [0.05, 0.1) is 0 Å². The van der Waals surface area contributed by atoms with Crippen LogP contribution in [0.5, 0.6) is 0 Å². The van der Waals surface area contributed by atoms with E-state index in [4.69, 9.17) is 5.73 Å². The Labute approximate surface area is 92.8 Å². The lowest BCUT2D eigenvalue weighted by Crippen LogP contribution is -2.43. The largest absolute Gasteiger partial charge is 0.353 e. The average molecular weight is 212 g/mol. The maximum Gasteiger partial charge on any atom is 0.220 e. The van der Waals surface area contributed by atoms with Gasteiger partial charge >= 0.3 is 0 Å². The Morgan fingerprint density at radius 1 is 1.27 bits per heavy atom. The molecule has 1 aliphatic rings. The van der Waals surface area contributed by atoms with Crippen molar-refractivity contribution < 1.29 is 4.79 Å². The first-order valence-corrected chi connectivity index (χ1v) is 6.21. The van der Waals surface area contributed by atoms with Crippen molar-refractivity contribution in [3.05, 3.63) is 0 Å². The van der Waals surface area contributed by atoms with E-state index < -0.39 is 0 Å². The second-order valence-electron chi connectivity index (χ2n) is 4.79. The first kappa shape index (κ1) is 12.5. The molecule has 0 aromatic carbocycles. The van der Waals surface area contributed by atoms with Gasteiger partial charge in [-0.3, -0.25) is 4.79 Å². The van der Waals surface area contributed by atoms with Crippen LogP contribution >= 0.6 is 0 Å². The van der Waals surface area contributed by atoms with Crippen LogP contribution in [0.4, 0.5) is 0 Å². The number of nitrogens with one attached hydrogen (secondary N) is 1. The molecule has 1 fully saturated rings. The summed E-state index contributed by atoms with van der Waals surface area (Å²) < 4.78 is 0. The third-order valence-electron chi connectivity index (χ3n) is 3.10. The van der Waals surface area contributed by atoms with Crippen LogP contribution in [0.2, 0.25) is 0 Å². The Kier molecular flexibility index (Phi) is 5.69. The number of unbranched alkanes of at least 4 members (excludes halogenated alkanes) is 3. The number of hydrogen-bond donors (Lipinski definition) is 2. The summed E-state index contributed by atoms with van der Waals surface area (Å²) >= 11 is 0. The molecule has 1 amide bonds. The highest BCUT2D eigenvalue weighted by atomic mass is 16.1. The topological polar surface area (TPSA) is 55.1 Å². The Morgan fingerprint density at radius 3 is 2.53 bits per heavy atom. The molecule has 0 saturated heterocycles. The fourth-order valence-electron chi connectivity index (χ4n) is 2.10. The van der Waals surface area contributed by atoms with Crippen molar-refractivity contribution in [1.29, 1.82) is 0 Å². The van der Waals surface area contributed by atoms with E-state index in [2.05, 4.69) is 12.2 Å². The third-order valence-corrected chi connectivity index (χ3v) is 3.10. The van der Waals surface area contributed by atoms with Crippen LogP contribution in [0.15, 0.2) is 0 Å². The fourth-order valence-corrected chi connectivity index (χ4v) is 2.10. The number of amides is 1. The summed E-state index contributed by atoms with van der Waals surface area (Å²) in [7, 11) is 0. The van der Waals surface area contributed by atoms with Crippen molar-refractivity contribution in [2.75, 3.05) is 6.54 Å². The van der Waals surface area contributed by atoms with Gasteiger partial charge in [0.1, 0.15) is 0 Å². The molecule has 0 aliphatic heterocycles. The van der Waals surface area contributed by atoms with Gasteiger partial charge in [-0.25, -0.2) is 0 Å². The highest BCUT2D eigenvalue weighted by Gasteiger charge is 2.26. The zero-order chi connectivity index (χ0) is 11.1. The van der Waals surface area contributed by atoms with Gasteiger partial charge in [0, 0.05) is 12.5 Å². The van der Waals surface area contributed by atoms with Crippen molar-refractivity contribution >= 4 is 5.91 Å². The summed E-state index contributed by atoms with van der Waals surface area (Å²) in [5, 5.41) is 3.07. The lowest BCUT2D eigenvalue weighted by molar-refractivity contribution is -0.122. The Morgan fingerprint density at radius 2 is 1.93 bits per heavy atom. The standard InChI is InChI=1S/C12H24N2O/c1-10-8-11(9-10)14-12(15)6-4-2-3-5-7-13/h10-11H,2-9,13H2,1H3,(H,14,15). The molecule has 3 N–H and O–H groups in total. The highest BCUT2D eigenvalue weighted by molar-refractivity contribution is 5.76. The van der Waals surface area contributed by atoms with E-state index in [-0.39, 0.29) is 5.91 Å². The Balaban J connectivity index is 1.90. The number of nitrogens with two attached hydrogens (primary N) is 1. The maximum absolute atomic E-state index is 11.4. The lowest BCUT2D eigenvalue weighted by atomic mass is 9.82. The minimum absolute atomic E-state index is 0.236. The Hall–Kier alpha value is -0.570. The first-order chi connectivity index (χ1) is 7.22. The van der Waals surface area contributed by atoms with Crippen molar-refractivity contribution in [2.24, 2.45) is 11.7 Å². The van der Waals surface area contributed by atoms with E-state index in [0.29, 0.717) is 12.5 Å². The molecule has 15 heavy (non-hydrogen) atoms. The van der Waals surface area contributed by atoms with Crippen LogP contribution in [0, 0.1) is 5.92 Å². The second kappa shape index (κ2) is 6.83. The summed E-state index contributed by atoms with van der Waals surface area (Å²) in [6.45, 7) is 3.00. The van der Waals surface area contributed by atoms with Gasteiger partial charge in [0.25, 0.3) is 0 Å². The number of carbonyl (C=O) groups is 1. The predicted molar refractivity (Wildman–Crippen MR) is 62.5 cm³/mol. The molecule has 0 radical (unpaired) electrons. The minimum Gasteiger partial charge on any atom is -0.353 e. The summed E-state index contributed by atoms with van der Waals surface area (Å²) in [6, 6.07) is 0.469. The Bertz CT molecular complexity index is 188. The summed E-state index contributed by atoms with van der Waals surface area (Å²) in [5.74, 6) is 1.04. The van der Waals surface area contributed by atoms with Crippen LogP contribution in [0.1, 0.15) is 51.9 Å². The minimum atomic E-state index is 0.236. The molecular weight excluding hydrogens is 188 g/mol. The highest BCUT2D eigenvalue weighted by Crippen LogP contribution is 2.26. The molecule has 3 heteroatoms. The van der Waals surface area contributed by atoms with Crippen molar-refractivity contribution in [3.8, 4) is 0 Å². The first-order valence-electron chi connectivity index (χ1n) is 6.21. The molecule has 1 rings (SSSR count). The van der Waals surface area contributed by atoms with Crippen LogP contribution in [0.25, 0.3) is 0 Å². The zero-order valence-electron chi connectivity index (χ0n) is 9.80. The molecule has 0 bridgehead atoms. The molecule has 0 atom stereocenters. The zero-order valence-corrected chi connectivity index (χ0v) is 9.80. The third kappa shape index (κ3) is 5.17. The number of hydrogen-bond acceptors (Lipinski definition) is 2. The fraction of sp³-hybridized carbons (Fsp3) is 0.917. The summed E-state index contributed by atoms with van der Waals surface area (Å²) in [6.07, 6.45) is 7.40. The van der Waals surface area contributed by atoms with E-state index in [0.717, 1.165) is 38.1 Å². The monoisotopic (exact) mass is 212 g/mol. The SMILES string of the molecule is CC1CC(NC(=O)CCCCCCN)C1. The molecule has 1 aliphatic carbocycles. The van der Waals surface area contributed by atoms with Gasteiger partial charge in [-0.2, -0.15) is 0 Å². The molecule has 0 unspecified atom stereocenters. The quantitative estimate of drug-likeness (QED) is 0.632. The van der Waals surface area contributed by atoms with Crippen molar-refractivity contribution in [1.82, 2.24) is 5.32 Å².